The fourth-order valence-electron chi connectivity index (χ4n) is 2.38. The zero-order valence-corrected chi connectivity index (χ0v) is 11.4. The average Bonchev–Trinajstić information content (AvgIpc) is 2.72. The molecular weight excluding hydrogens is 256 g/mol. The topological polar surface area (TPSA) is 17.1 Å². The van der Waals surface area contributed by atoms with E-state index in [4.69, 9.17) is 11.6 Å². The minimum Gasteiger partial charge on any atom is -0.289 e. The van der Waals surface area contributed by atoms with Gasteiger partial charge in [-0.1, -0.05) is 53.6 Å². The maximum absolute atomic E-state index is 12.3. The van der Waals surface area contributed by atoms with Crippen molar-refractivity contribution in [2.75, 3.05) is 0 Å². The summed E-state index contributed by atoms with van der Waals surface area (Å²) in [5, 5.41) is 0.679. The largest absolute Gasteiger partial charge is 0.289 e. The summed E-state index contributed by atoms with van der Waals surface area (Å²) < 4.78 is 0. The molecule has 3 rings (SSSR count). The summed E-state index contributed by atoms with van der Waals surface area (Å²) in [4.78, 5) is 12.3. The highest BCUT2D eigenvalue weighted by Gasteiger charge is 2.26. The first-order valence-corrected chi connectivity index (χ1v) is 6.62. The summed E-state index contributed by atoms with van der Waals surface area (Å²) >= 11 is 6.14. The maximum Gasteiger partial charge on any atom is 0.189 e. The molecule has 0 amide bonds. The van der Waals surface area contributed by atoms with Crippen LogP contribution in [0.2, 0.25) is 5.02 Å². The van der Waals surface area contributed by atoms with Crippen LogP contribution in [0.4, 0.5) is 0 Å². The van der Waals surface area contributed by atoms with Crippen molar-refractivity contribution >= 4 is 23.5 Å². The van der Waals surface area contributed by atoms with Crippen LogP contribution in [0, 0.1) is 6.92 Å². The number of allylic oxidation sites excluding steroid dienone is 1. The molecule has 0 aromatic heterocycles. The molecule has 0 bridgehead atoms. The summed E-state index contributed by atoms with van der Waals surface area (Å²) in [5.74, 6) is 0.0954. The van der Waals surface area contributed by atoms with Crippen molar-refractivity contribution in [3.8, 4) is 0 Å². The highest BCUT2D eigenvalue weighted by molar-refractivity contribution is 6.33. The smallest absolute Gasteiger partial charge is 0.189 e. The number of ketones is 1. The lowest BCUT2D eigenvalue weighted by atomic mass is 10.1. The second kappa shape index (κ2) is 4.67. The number of hydrogen-bond acceptors (Lipinski definition) is 1. The SMILES string of the molecule is Cc1ccc(C=C2Cc3c(Cl)cccc3C2=O)cc1. The van der Waals surface area contributed by atoms with Gasteiger partial charge in [-0.3, -0.25) is 4.79 Å². The third-order valence-electron chi connectivity index (χ3n) is 3.44. The van der Waals surface area contributed by atoms with Crippen LogP contribution in [-0.2, 0) is 6.42 Å². The van der Waals surface area contributed by atoms with Crippen molar-refractivity contribution in [3.05, 3.63) is 75.3 Å². The quantitative estimate of drug-likeness (QED) is 0.698. The predicted molar refractivity (Wildman–Crippen MR) is 78.6 cm³/mol. The van der Waals surface area contributed by atoms with Gasteiger partial charge in [-0.05, 0) is 30.2 Å². The highest BCUT2D eigenvalue weighted by Crippen LogP contribution is 2.32. The second-order valence-electron chi connectivity index (χ2n) is 4.85. The van der Waals surface area contributed by atoms with Gasteiger partial charge in [-0.2, -0.15) is 0 Å². The van der Waals surface area contributed by atoms with E-state index in [1.54, 1.807) is 0 Å². The lowest BCUT2D eigenvalue weighted by Crippen LogP contribution is -1.94. The fourth-order valence-corrected chi connectivity index (χ4v) is 2.62. The molecule has 1 nitrogen and oxygen atoms in total. The molecule has 0 atom stereocenters. The van der Waals surface area contributed by atoms with Gasteiger partial charge < -0.3 is 0 Å². The molecule has 0 spiro atoms. The molecule has 0 aliphatic heterocycles. The lowest BCUT2D eigenvalue weighted by molar-refractivity contribution is 0.104. The molecule has 2 aromatic rings. The Morgan fingerprint density at radius 1 is 1.11 bits per heavy atom. The number of aryl methyl sites for hydroxylation is 1. The van der Waals surface area contributed by atoms with Gasteiger partial charge in [-0.25, -0.2) is 0 Å². The number of rotatable bonds is 1. The van der Waals surface area contributed by atoms with Crippen molar-refractivity contribution in [1.82, 2.24) is 0 Å². The summed E-state index contributed by atoms with van der Waals surface area (Å²) in [7, 11) is 0. The van der Waals surface area contributed by atoms with Gasteiger partial charge >= 0.3 is 0 Å². The van der Waals surface area contributed by atoms with Crippen LogP contribution in [0.3, 0.4) is 0 Å². The molecule has 0 saturated carbocycles. The molecule has 0 fully saturated rings. The summed E-state index contributed by atoms with van der Waals surface area (Å²) in [5.41, 5.74) is 4.77. The minimum absolute atomic E-state index is 0.0954. The first kappa shape index (κ1) is 12.2. The highest BCUT2D eigenvalue weighted by atomic mass is 35.5. The van der Waals surface area contributed by atoms with Crippen LogP contribution in [0.25, 0.3) is 6.08 Å². The Kier molecular flexibility index (Phi) is 3.00. The van der Waals surface area contributed by atoms with Gasteiger partial charge in [0.25, 0.3) is 0 Å². The van der Waals surface area contributed by atoms with E-state index >= 15 is 0 Å². The van der Waals surface area contributed by atoms with Crippen molar-refractivity contribution < 1.29 is 4.79 Å². The Hall–Kier alpha value is -1.86. The van der Waals surface area contributed by atoms with E-state index in [-0.39, 0.29) is 5.78 Å². The van der Waals surface area contributed by atoms with Gasteiger partial charge in [0.2, 0.25) is 0 Å². The molecule has 1 aliphatic rings. The molecule has 1 aliphatic carbocycles. The van der Waals surface area contributed by atoms with Crippen LogP contribution in [0.5, 0.6) is 0 Å². The molecule has 0 radical (unpaired) electrons. The van der Waals surface area contributed by atoms with E-state index < -0.39 is 0 Å². The second-order valence-corrected chi connectivity index (χ2v) is 5.26. The Morgan fingerprint density at radius 2 is 1.84 bits per heavy atom. The molecular formula is C17H13ClO. The molecule has 2 aromatic carbocycles. The number of benzene rings is 2. The van der Waals surface area contributed by atoms with Crippen molar-refractivity contribution in [2.24, 2.45) is 0 Å². The molecule has 0 unspecified atom stereocenters. The van der Waals surface area contributed by atoms with Crippen molar-refractivity contribution in [3.63, 3.8) is 0 Å². The average molecular weight is 269 g/mol. The minimum atomic E-state index is 0.0954. The molecule has 0 N–H and O–H groups in total. The number of carbonyl (C=O) groups is 1. The monoisotopic (exact) mass is 268 g/mol. The normalized spacial score (nSPS) is 15.9. The van der Waals surface area contributed by atoms with Gasteiger partial charge in [0.05, 0.1) is 0 Å². The Bertz CT molecular complexity index is 681. The summed E-state index contributed by atoms with van der Waals surface area (Å²) in [6.45, 7) is 2.05. The van der Waals surface area contributed by atoms with Crippen LogP contribution in [-0.4, -0.2) is 5.78 Å². The number of fused-ring (bicyclic) bond motifs is 1. The van der Waals surface area contributed by atoms with Gasteiger partial charge in [0.1, 0.15) is 0 Å². The Morgan fingerprint density at radius 3 is 2.53 bits per heavy atom. The van der Waals surface area contributed by atoms with Crippen LogP contribution >= 0.6 is 11.6 Å². The van der Waals surface area contributed by atoms with Crippen LogP contribution in [0.1, 0.15) is 27.0 Å². The van der Waals surface area contributed by atoms with Gasteiger partial charge in [0.15, 0.2) is 5.78 Å². The van der Waals surface area contributed by atoms with Crippen LogP contribution < -0.4 is 0 Å². The van der Waals surface area contributed by atoms with E-state index in [2.05, 4.69) is 0 Å². The van der Waals surface area contributed by atoms with Crippen molar-refractivity contribution in [1.29, 1.82) is 0 Å². The zero-order valence-electron chi connectivity index (χ0n) is 10.6. The molecule has 2 heteroatoms. The Labute approximate surface area is 117 Å². The lowest BCUT2D eigenvalue weighted by Gasteiger charge is -1.98. The third kappa shape index (κ3) is 2.22. The van der Waals surface area contributed by atoms with Crippen molar-refractivity contribution in [2.45, 2.75) is 13.3 Å². The van der Waals surface area contributed by atoms with E-state index in [9.17, 15) is 4.79 Å². The number of hydrogen-bond donors (Lipinski definition) is 0. The first-order valence-electron chi connectivity index (χ1n) is 6.24. The number of carbonyl (C=O) groups excluding carboxylic acids is 1. The third-order valence-corrected chi connectivity index (χ3v) is 3.79. The predicted octanol–water partition coefficient (Wildman–Crippen LogP) is 4.47. The Balaban J connectivity index is 2.00. The molecule has 0 saturated heterocycles. The molecule has 19 heavy (non-hydrogen) atoms. The van der Waals surface area contributed by atoms with E-state index in [1.807, 2.05) is 55.5 Å². The number of halogens is 1. The molecule has 94 valence electrons. The fraction of sp³-hybridized carbons (Fsp3) is 0.118. The van der Waals surface area contributed by atoms with E-state index in [1.165, 1.54) is 5.56 Å². The summed E-state index contributed by atoms with van der Waals surface area (Å²) in [6, 6.07) is 13.7. The van der Waals surface area contributed by atoms with E-state index in [0.717, 1.165) is 22.3 Å². The van der Waals surface area contributed by atoms with Gasteiger partial charge in [-0.15, -0.1) is 0 Å². The number of Topliss-reactive ketones (excluding diaryl/α,β-unsaturated/α-hetero) is 1. The standard InChI is InChI=1S/C17H13ClO/c1-11-5-7-12(8-6-11)9-13-10-15-14(17(13)19)3-2-4-16(15)18/h2-9H,10H2,1H3. The van der Waals surface area contributed by atoms with E-state index in [0.29, 0.717) is 11.4 Å². The maximum atomic E-state index is 12.3. The molecule has 0 heterocycles. The first-order chi connectivity index (χ1) is 9.15. The zero-order chi connectivity index (χ0) is 13.4. The van der Waals surface area contributed by atoms with Gasteiger partial charge in [0, 0.05) is 22.6 Å². The van der Waals surface area contributed by atoms with Crippen LogP contribution in [0.15, 0.2) is 48.0 Å². The summed E-state index contributed by atoms with van der Waals surface area (Å²) in [6.07, 6.45) is 2.58.